The van der Waals surface area contributed by atoms with Gasteiger partial charge in [0.15, 0.2) is 0 Å². The third kappa shape index (κ3) is 5.18. The van der Waals surface area contributed by atoms with Crippen LogP contribution in [0.3, 0.4) is 0 Å². The quantitative estimate of drug-likeness (QED) is 0.172. The van der Waals surface area contributed by atoms with Gasteiger partial charge in [-0.15, -0.1) is 0 Å². The number of aromatic carboxylic acids is 1. The molecular weight excluding hydrogens is 570 g/mol. The zero-order chi connectivity index (χ0) is 31.1. The van der Waals surface area contributed by atoms with Crippen molar-refractivity contribution in [3.05, 3.63) is 72.3 Å². The fraction of sp³-hybridized carbons (Fsp3) is 0.371. The Hall–Kier alpha value is -4.86. The molecule has 2 saturated carbocycles. The molecule has 45 heavy (non-hydrogen) atoms. The molecule has 0 atom stereocenters. The minimum Gasteiger partial charge on any atom is -0.477 e. The van der Waals surface area contributed by atoms with Crippen molar-refractivity contribution in [3.63, 3.8) is 0 Å². The van der Waals surface area contributed by atoms with Crippen LogP contribution in [0.4, 0.5) is 5.69 Å². The summed E-state index contributed by atoms with van der Waals surface area (Å²) in [4.78, 5) is 44.2. The number of aromatic nitrogens is 3. The molecule has 0 aliphatic heterocycles. The Morgan fingerprint density at radius 2 is 1.76 bits per heavy atom. The van der Waals surface area contributed by atoms with Gasteiger partial charge < -0.3 is 29.3 Å². The van der Waals surface area contributed by atoms with E-state index in [9.17, 15) is 19.5 Å². The fourth-order valence-corrected chi connectivity index (χ4v) is 7.34. The Bertz CT molecular complexity index is 1910. The number of anilines is 1. The van der Waals surface area contributed by atoms with Crippen molar-refractivity contribution in [1.29, 1.82) is 0 Å². The van der Waals surface area contributed by atoms with E-state index in [1.165, 1.54) is 19.3 Å². The van der Waals surface area contributed by atoms with Crippen molar-refractivity contribution >= 4 is 45.4 Å². The highest BCUT2D eigenvalue weighted by molar-refractivity contribution is 6.06. The van der Waals surface area contributed by atoms with Crippen LogP contribution in [0.5, 0.6) is 0 Å². The zero-order valence-corrected chi connectivity index (χ0v) is 25.3. The minimum atomic E-state index is -1.05. The van der Waals surface area contributed by atoms with E-state index in [-0.39, 0.29) is 17.5 Å². The molecule has 2 amide bonds. The lowest BCUT2D eigenvalue weighted by atomic mass is 9.94. The van der Waals surface area contributed by atoms with E-state index in [4.69, 9.17) is 9.40 Å². The number of nitrogens with zero attached hydrogens (tertiary/aromatic N) is 3. The number of carboxylic acids is 1. The normalized spacial score (nSPS) is 16.7. The molecule has 10 nitrogen and oxygen atoms in total. The van der Waals surface area contributed by atoms with Crippen molar-refractivity contribution < 1.29 is 23.9 Å². The van der Waals surface area contributed by atoms with Gasteiger partial charge in [0, 0.05) is 34.7 Å². The Morgan fingerprint density at radius 3 is 2.47 bits per heavy atom. The number of aryl methyl sites for hydroxylation is 1. The lowest BCUT2D eigenvalue weighted by molar-refractivity contribution is -0.122. The van der Waals surface area contributed by atoms with Gasteiger partial charge in [0.2, 0.25) is 5.91 Å². The van der Waals surface area contributed by atoms with E-state index in [1.54, 1.807) is 35.3 Å². The fourth-order valence-electron chi connectivity index (χ4n) is 7.34. The third-order valence-electron chi connectivity index (χ3n) is 9.61. The zero-order valence-electron chi connectivity index (χ0n) is 25.3. The van der Waals surface area contributed by atoms with Gasteiger partial charge >= 0.3 is 5.97 Å². The van der Waals surface area contributed by atoms with Gasteiger partial charge in [0.25, 0.3) is 5.91 Å². The first-order valence-corrected chi connectivity index (χ1v) is 15.9. The van der Waals surface area contributed by atoms with E-state index in [0.717, 1.165) is 59.0 Å². The second-order valence-electron chi connectivity index (χ2n) is 12.4. The number of carbonyl (C=O) groups excluding carboxylic acids is 2. The maximum atomic E-state index is 13.8. The number of hydrogen-bond acceptors (Lipinski definition) is 5. The van der Waals surface area contributed by atoms with Crippen molar-refractivity contribution in [2.24, 2.45) is 0 Å². The van der Waals surface area contributed by atoms with Crippen LogP contribution in [0, 0.1) is 0 Å². The molecule has 2 aromatic carbocycles. The molecule has 0 radical (unpaired) electrons. The van der Waals surface area contributed by atoms with Crippen LogP contribution in [-0.2, 0) is 11.3 Å². The Morgan fingerprint density at radius 1 is 0.978 bits per heavy atom. The summed E-state index contributed by atoms with van der Waals surface area (Å²) in [5.74, 6) is -0.738. The number of furan rings is 1. The van der Waals surface area contributed by atoms with Crippen molar-refractivity contribution in [1.82, 2.24) is 19.4 Å². The number of nitrogens with one attached hydrogen (secondary N) is 2. The summed E-state index contributed by atoms with van der Waals surface area (Å²) in [7, 11) is 0. The highest BCUT2D eigenvalue weighted by Crippen LogP contribution is 2.37. The maximum absolute atomic E-state index is 13.8. The molecule has 5 aromatic rings. The molecule has 3 aromatic heterocycles. The maximum Gasteiger partial charge on any atom is 0.352 e. The SMILES string of the molecule is CCn1c(C(=O)O)cc2cc(NC(=O)C3(NC(=O)c4ccc5c(c4)nc(-c4ccoc4)n5C4CCCCC4)CCCC3)ccc21. The van der Waals surface area contributed by atoms with Gasteiger partial charge in [-0.25, -0.2) is 9.78 Å². The summed E-state index contributed by atoms with van der Waals surface area (Å²) in [5.41, 5.74) is 3.59. The van der Waals surface area contributed by atoms with Crippen LogP contribution < -0.4 is 10.6 Å². The second kappa shape index (κ2) is 11.6. The average molecular weight is 608 g/mol. The number of amides is 2. The number of carbonyl (C=O) groups is 3. The molecule has 232 valence electrons. The molecule has 2 aliphatic rings. The predicted octanol–water partition coefficient (Wildman–Crippen LogP) is 7.16. The lowest BCUT2D eigenvalue weighted by Gasteiger charge is -2.29. The second-order valence-corrected chi connectivity index (χ2v) is 12.4. The molecule has 0 bridgehead atoms. The highest BCUT2D eigenvalue weighted by Gasteiger charge is 2.43. The molecular formula is C35H37N5O5. The summed E-state index contributed by atoms with van der Waals surface area (Å²) in [6, 6.07) is 14.9. The summed E-state index contributed by atoms with van der Waals surface area (Å²) >= 11 is 0. The van der Waals surface area contributed by atoms with E-state index in [2.05, 4.69) is 15.2 Å². The average Bonchev–Trinajstić information content (AvgIpc) is 3.86. The van der Waals surface area contributed by atoms with E-state index in [0.29, 0.717) is 36.7 Å². The van der Waals surface area contributed by atoms with Crippen molar-refractivity contribution in [3.8, 4) is 11.4 Å². The van der Waals surface area contributed by atoms with Crippen LogP contribution in [0.1, 0.15) is 91.6 Å². The molecule has 0 spiro atoms. The van der Waals surface area contributed by atoms with Crippen LogP contribution in [-0.4, -0.2) is 42.5 Å². The van der Waals surface area contributed by atoms with E-state index >= 15 is 0 Å². The van der Waals surface area contributed by atoms with Crippen molar-refractivity contribution in [2.45, 2.75) is 82.8 Å². The summed E-state index contributed by atoms with van der Waals surface area (Å²) in [6.45, 7) is 2.41. The van der Waals surface area contributed by atoms with Crippen LogP contribution in [0.25, 0.3) is 33.3 Å². The molecule has 2 aliphatic carbocycles. The minimum absolute atomic E-state index is 0.202. The Balaban J connectivity index is 1.15. The molecule has 2 fully saturated rings. The Kier molecular flexibility index (Phi) is 7.43. The van der Waals surface area contributed by atoms with Gasteiger partial charge in [-0.1, -0.05) is 32.1 Å². The van der Waals surface area contributed by atoms with E-state index < -0.39 is 11.5 Å². The van der Waals surface area contributed by atoms with Gasteiger partial charge in [0.1, 0.15) is 23.3 Å². The number of benzene rings is 2. The van der Waals surface area contributed by atoms with Crippen LogP contribution in [0.2, 0.25) is 0 Å². The van der Waals surface area contributed by atoms with Gasteiger partial charge in [-0.3, -0.25) is 9.59 Å². The first-order chi connectivity index (χ1) is 21.9. The number of carboxylic acid groups (broad SMARTS) is 1. The number of hydrogen-bond donors (Lipinski definition) is 3. The lowest BCUT2D eigenvalue weighted by Crippen LogP contribution is -2.55. The topological polar surface area (TPSA) is 131 Å². The Labute approximate surface area is 260 Å². The monoisotopic (exact) mass is 607 g/mol. The van der Waals surface area contributed by atoms with E-state index in [1.807, 2.05) is 37.3 Å². The number of fused-ring (bicyclic) bond motifs is 2. The number of imidazole rings is 1. The summed E-state index contributed by atoms with van der Waals surface area (Å²) < 4.78 is 9.42. The number of rotatable bonds is 8. The molecule has 7 rings (SSSR count). The highest BCUT2D eigenvalue weighted by atomic mass is 16.4. The molecule has 0 saturated heterocycles. The van der Waals surface area contributed by atoms with Crippen LogP contribution in [0.15, 0.2) is 65.5 Å². The molecule has 3 heterocycles. The first kappa shape index (κ1) is 28.9. The molecule has 0 unspecified atom stereocenters. The van der Waals surface area contributed by atoms with Gasteiger partial charge in [-0.05, 0) is 81.1 Å². The molecule has 3 N–H and O–H groups in total. The third-order valence-corrected chi connectivity index (χ3v) is 9.61. The predicted molar refractivity (Wildman–Crippen MR) is 171 cm³/mol. The van der Waals surface area contributed by atoms with Gasteiger partial charge in [-0.2, -0.15) is 0 Å². The summed E-state index contributed by atoms with van der Waals surface area (Å²) in [5, 5.41) is 16.4. The standard InChI is InChI=1S/C35H37N5O5/c1-2-39-28-13-11-25(18-24(28)20-30(39)33(42)43)36-34(44)35(15-6-7-16-35)38-32(41)22-10-12-29-27(19-22)37-31(23-14-17-45-21-23)40(29)26-8-4-3-5-9-26/h10-14,17-21,26H,2-9,15-16H2,1H3,(H,36,44)(H,38,41)(H,42,43). The van der Waals surface area contributed by atoms with Crippen LogP contribution >= 0.6 is 0 Å². The van der Waals surface area contributed by atoms with Gasteiger partial charge in [0.05, 0.1) is 22.9 Å². The first-order valence-electron chi connectivity index (χ1n) is 15.9. The van der Waals surface area contributed by atoms with Crippen molar-refractivity contribution in [2.75, 3.05) is 5.32 Å². The summed E-state index contributed by atoms with van der Waals surface area (Å²) in [6.07, 6.45) is 11.9. The molecule has 10 heteroatoms. The smallest absolute Gasteiger partial charge is 0.352 e. The largest absolute Gasteiger partial charge is 0.477 e.